The molecular weight excluding hydrogens is 462 g/mol. The zero-order valence-electron chi connectivity index (χ0n) is 20.1. The summed E-state index contributed by atoms with van der Waals surface area (Å²) in [7, 11) is 0. The lowest BCUT2D eigenvalue weighted by Gasteiger charge is -2.29. The van der Waals surface area contributed by atoms with E-state index in [9.17, 15) is 14.4 Å². The summed E-state index contributed by atoms with van der Waals surface area (Å²) in [5, 5.41) is 5.51. The fourth-order valence-electron chi connectivity index (χ4n) is 4.50. The number of amides is 3. The molecule has 1 aliphatic rings. The van der Waals surface area contributed by atoms with Crippen molar-refractivity contribution < 1.29 is 14.4 Å². The molecule has 0 radical (unpaired) electrons. The van der Waals surface area contributed by atoms with E-state index in [1.165, 1.54) is 0 Å². The summed E-state index contributed by atoms with van der Waals surface area (Å²) in [5.41, 5.74) is 2.49. The topological polar surface area (TPSA) is 69.7 Å². The first kappa shape index (κ1) is 24.7. The molecule has 0 aromatic heterocycles. The fourth-order valence-corrected chi connectivity index (χ4v) is 4.62. The van der Waals surface area contributed by atoms with Gasteiger partial charge in [0.15, 0.2) is 0 Å². The highest BCUT2D eigenvalue weighted by molar-refractivity contribution is 6.30. The van der Waals surface area contributed by atoms with Gasteiger partial charge in [0.2, 0.25) is 11.8 Å². The Morgan fingerprint density at radius 2 is 1.77 bits per heavy atom. The number of hydrogen-bond acceptors (Lipinski definition) is 3. The molecule has 0 saturated heterocycles. The number of nitrogens with one attached hydrogen (secondary N) is 1. The molecule has 0 unspecified atom stereocenters. The predicted molar refractivity (Wildman–Crippen MR) is 140 cm³/mol. The number of rotatable bonds is 10. The molecule has 1 aliphatic heterocycles. The third-order valence-electron chi connectivity index (χ3n) is 6.40. The first-order chi connectivity index (χ1) is 16.9. The number of hydrogen-bond donors (Lipinski definition) is 1. The van der Waals surface area contributed by atoms with Crippen LogP contribution in [-0.2, 0) is 16.1 Å². The maximum Gasteiger partial charge on any atom is 0.258 e. The van der Waals surface area contributed by atoms with Crippen LogP contribution >= 0.6 is 11.6 Å². The maximum absolute atomic E-state index is 13.3. The fraction of sp³-hybridized carbons (Fsp3) is 0.321. The minimum Gasteiger partial charge on any atom is -0.354 e. The number of carbonyl (C=O) groups excluding carboxylic acids is 3. The third kappa shape index (κ3) is 5.33. The predicted octanol–water partition coefficient (Wildman–Crippen LogP) is 5.18. The van der Waals surface area contributed by atoms with Crippen LogP contribution in [0.25, 0.3) is 10.8 Å². The van der Waals surface area contributed by atoms with Crippen molar-refractivity contribution in [3.63, 3.8) is 0 Å². The summed E-state index contributed by atoms with van der Waals surface area (Å²) < 4.78 is 0. The van der Waals surface area contributed by atoms with Crippen molar-refractivity contribution in [1.82, 2.24) is 10.2 Å². The largest absolute Gasteiger partial charge is 0.354 e. The van der Waals surface area contributed by atoms with Crippen LogP contribution in [0, 0.1) is 0 Å². The van der Waals surface area contributed by atoms with E-state index < -0.39 is 6.04 Å². The number of benzene rings is 3. The number of halogens is 1. The first-order valence-electron chi connectivity index (χ1n) is 12.1. The summed E-state index contributed by atoms with van der Waals surface area (Å²) in [4.78, 5) is 42.4. The molecule has 3 amide bonds. The highest BCUT2D eigenvalue weighted by Crippen LogP contribution is 2.37. The van der Waals surface area contributed by atoms with Crippen molar-refractivity contribution in [2.24, 2.45) is 0 Å². The second-order valence-electron chi connectivity index (χ2n) is 8.86. The second kappa shape index (κ2) is 10.9. The van der Waals surface area contributed by atoms with Crippen LogP contribution in [0.2, 0.25) is 5.02 Å². The van der Waals surface area contributed by atoms with Crippen molar-refractivity contribution in [3.05, 3.63) is 76.8 Å². The van der Waals surface area contributed by atoms with E-state index in [1.54, 1.807) is 28.9 Å². The lowest BCUT2D eigenvalue weighted by molar-refractivity contribution is -0.140. The van der Waals surface area contributed by atoms with E-state index in [0.717, 1.165) is 28.4 Å². The van der Waals surface area contributed by atoms with Gasteiger partial charge in [0.05, 0.1) is 5.69 Å². The molecule has 4 rings (SSSR count). The van der Waals surface area contributed by atoms with Crippen LogP contribution in [0.3, 0.4) is 0 Å². The summed E-state index contributed by atoms with van der Waals surface area (Å²) in [6, 6.07) is 18.3. The molecule has 1 N–H and O–H groups in total. The monoisotopic (exact) mass is 491 g/mol. The lowest BCUT2D eigenvalue weighted by Crippen LogP contribution is -2.47. The molecule has 3 aromatic rings. The molecule has 1 atom stereocenters. The van der Waals surface area contributed by atoms with Crippen molar-refractivity contribution in [3.8, 4) is 0 Å². The Hall–Kier alpha value is -3.38. The Kier molecular flexibility index (Phi) is 7.71. The average Bonchev–Trinajstić information content (AvgIpc) is 3.14. The molecule has 0 bridgehead atoms. The van der Waals surface area contributed by atoms with Gasteiger partial charge in [0, 0.05) is 42.0 Å². The van der Waals surface area contributed by atoms with Crippen molar-refractivity contribution in [2.75, 3.05) is 18.0 Å². The summed E-state index contributed by atoms with van der Waals surface area (Å²) in [6.45, 7) is 5.04. The molecule has 0 aliphatic carbocycles. The van der Waals surface area contributed by atoms with Crippen LogP contribution in [0.5, 0.6) is 0 Å². The van der Waals surface area contributed by atoms with Crippen LogP contribution in [0.1, 0.15) is 49.0 Å². The highest BCUT2D eigenvalue weighted by Gasteiger charge is 2.30. The van der Waals surface area contributed by atoms with Gasteiger partial charge < -0.3 is 15.1 Å². The van der Waals surface area contributed by atoms with Gasteiger partial charge in [-0.1, -0.05) is 54.9 Å². The highest BCUT2D eigenvalue weighted by atomic mass is 35.5. The SMILES string of the molecule is CCCNC(=O)[C@@H](C)N(Cc1ccc(Cl)cc1)C(=O)CCCN1C(=O)c2cccc3cccc1c23. The zero-order chi connectivity index (χ0) is 24.9. The van der Waals surface area contributed by atoms with E-state index in [4.69, 9.17) is 11.6 Å². The molecule has 0 saturated carbocycles. The van der Waals surface area contributed by atoms with Gasteiger partial charge in [-0.05, 0) is 55.0 Å². The lowest BCUT2D eigenvalue weighted by atomic mass is 10.1. The molecule has 1 heterocycles. The summed E-state index contributed by atoms with van der Waals surface area (Å²) >= 11 is 6.01. The quantitative estimate of drug-likeness (QED) is 0.425. The summed E-state index contributed by atoms with van der Waals surface area (Å²) in [6.07, 6.45) is 1.55. The second-order valence-corrected chi connectivity index (χ2v) is 9.29. The van der Waals surface area contributed by atoms with Gasteiger partial charge in [-0.25, -0.2) is 0 Å². The number of nitrogens with zero attached hydrogens (tertiary/aromatic N) is 2. The number of carbonyl (C=O) groups is 3. The van der Waals surface area contributed by atoms with Crippen LogP contribution in [-0.4, -0.2) is 41.8 Å². The molecule has 35 heavy (non-hydrogen) atoms. The van der Waals surface area contributed by atoms with Crippen molar-refractivity contribution in [2.45, 2.75) is 45.7 Å². The van der Waals surface area contributed by atoms with Crippen LogP contribution in [0.4, 0.5) is 5.69 Å². The minimum absolute atomic E-state index is 0.0328. The Morgan fingerprint density at radius 1 is 1.06 bits per heavy atom. The Labute approximate surface area is 210 Å². The molecular formula is C28H30ClN3O3. The number of anilines is 1. The Balaban J connectivity index is 1.45. The van der Waals surface area contributed by atoms with E-state index >= 15 is 0 Å². The molecule has 6 nitrogen and oxygen atoms in total. The van der Waals surface area contributed by atoms with Crippen molar-refractivity contribution in [1.29, 1.82) is 0 Å². The van der Waals surface area contributed by atoms with E-state index in [-0.39, 0.29) is 24.1 Å². The van der Waals surface area contributed by atoms with Crippen molar-refractivity contribution >= 4 is 45.8 Å². The Bertz CT molecular complexity index is 1240. The van der Waals surface area contributed by atoms with Crippen LogP contribution in [0.15, 0.2) is 60.7 Å². The normalized spacial score (nSPS) is 13.2. The molecule has 3 aromatic carbocycles. The Morgan fingerprint density at radius 3 is 2.49 bits per heavy atom. The van der Waals surface area contributed by atoms with Gasteiger partial charge in [0.1, 0.15) is 6.04 Å². The van der Waals surface area contributed by atoms with Gasteiger partial charge in [0.25, 0.3) is 5.91 Å². The van der Waals surface area contributed by atoms with E-state index in [0.29, 0.717) is 36.6 Å². The average molecular weight is 492 g/mol. The molecule has 0 fully saturated rings. The smallest absolute Gasteiger partial charge is 0.258 e. The van der Waals surface area contributed by atoms with Gasteiger partial charge in [-0.15, -0.1) is 0 Å². The molecule has 7 heteroatoms. The third-order valence-corrected chi connectivity index (χ3v) is 6.66. The van der Waals surface area contributed by atoms with Gasteiger partial charge in [-0.2, -0.15) is 0 Å². The van der Waals surface area contributed by atoms with E-state index in [2.05, 4.69) is 5.32 Å². The van der Waals surface area contributed by atoms with Crippen LogP contribution < -0.4 is 10.2 Å². The molecule has 182 valence electrons. The maximum atomic E-state index is 13.3. The van der Waals surface area contributed by atoms with Gasteiger partial charge >= 0.3 is 0 Å². The van der Waals surface area contributed by atoms with E-state index in [1.807, 2.05) is 55.5 Å². The zero-order valence-corrected chi connectivity index (χ0v) is 20.8. The molecule has 0 spiro atoms. The minimum atomic E-state index is -0.615. The standard InChI is InChI=1S/C28H30ClN3O3/c1-3-16-30-27(34)19(2)32(18-20-12-14-22(29)15-13-20)25(33)11-6-17-31-24-10-5-8-21-7-4-9-23(26(21)24)28(31)35/h4-5,7-10,12-15,19H,3,6,11,16-18H2,1-2H3,(H,30,34)/t19-/m1/s1. The van der Waals surface area contributed by atoms with Gasteiger partial charge in [-0.3, -0.25) is 14.4 Å². The first-order valence-corrected chi connectivity index (χ1v) is 12.4. The summed E-state index contributed by atoms with van der Waals surface area (Å²) in [5.74, 6) is -0.331.